The molecule has 1 aromatic rings. The van der Waals surface area contributed by atoms with Gasteiger partial charge in [0.15, 0.2) is 0 Å². The minimum absolute atomic E-state index is 1.14. The van der Waals surface area contributed by atoms with Crippen LogP contribution in [0, 0.1) is 6.92 Å². The lowest BCUT2D eigenvalue weighted by Crippen LogP contribution is -1.91. The van der Waals surface area contributed by atoms with Crippen molar-refractivity contribution in [1.29, 1.82) is 0 Å². The summed E-state index contributed by atoms with van der Waals surface area (Å²) < 4.78 is 0. The number of allylic oxidation sites excluding steroid dienone is 9. The first-order chi connectivity index (χ1) is 10.7. The largest absolute Gasteiger partial charge is 0.0990 e. The van der Waals surface area contributed by atoms with Crippen molar-refractivity contribution in [2.24, 2.45) is 0 Å². The Hall–Kier alpha value is -2.08. The second-order valence-corrected chi connectivity index (χ2v) is 5.08. The fourth-order valence-electron chi connectivity index (χ4n) is 2.50. The van der Waals surface area contributed by atoms with Crippen molar-refractivity contribution < 1.29 is 0 Å². The van der Waals surface area contributed by atoms with E-state index in [0.29, 0.717) is 0 Å². The van der Waals surface area contributed by atoms with Gasteiger partial charge in [0.2, 0.25) is 0 Å². The lowest BCUT2D eigenvalue weighted by atomic mass is 9.93. The fraction of sp³-hybridized carbons (Fsp3) is 0.273. The lowest BCUT2D eigenvalue weighted by molar-refractivity contribution is 1.04. The van der Waals surface area contributed by atoms with Crippen molar-refractivity contribution in [3.05, 3.63) is 84.0 Å². The molecule has 0 amide bonds. The van der Waals surface area contributed by atoms with Gasteiger partial charge in [0, 0.05) is 0 Å². The Balaban J connectivity index is 0.00000116. The second kappa shape index (κ2) is 9.78. The highest BCUT2D eigenvalue weighted by Crippen LogP contribution is 2.26. The first-order valence-corrected chi connectivity index (χ1v) is 8.19. The van der Waals surface area contributed by atoms with Crippen molar-refractivity contribution in [3.63, 3.8) is 0 Å². The average molecular weight is 292 g/mol. The smallest absolute Gasteiger partial charge is 0.0175 e. The molecule has 0 heterocycles. The lowest BCUT2D eigenvalue weighted by Gasteiger charge is -2.11. The molecular formula is C22H28. The molecule has 0 unspecified atom stereocenters. The molecular weight excluding hydrogens is 264 g/mol. The highest BCUT2D eigenvalue weighted by Gasteiger charge is 2.05. The first kappa shape index (κ1) is 18.0. The van der Waals surface area contributed by atoms with Crippen molar-refractivity contribution in [2.45, 2.75) is 40.5 Å². The summed E-state index contributed by atoms with van der Waals surface area (Å²) in [6, 6.07) is 6.75. The van der Waals surface area contributed by atoms with Gasteiger partial charge in [0.1, 0.15) is 0 Å². The summed E-state index contributed by atoms with van der Waals surface area (Å²) in [6.07, 6.45) is 17.2. The van der Waals surface area contributed by atoms with Gasteiger partial charge in [-0.1, -0.05) is 75.1 Å². The molecule has 0 heteroatoms. The van der Waals surface area contributed by atoms with Crippen molar-refractivity contribution in [2.75, 3.05) is 0 Å². The summed E-state index contributed by atoms with van der Waals surface area (Å²) in [5.41, 5.74) is 6.37. The molecule has 22 heavy (non-hydrogen) atoms. The van der Waals surface area contributed by atoms with Gasteiger partial charge in [-0.15, -0.1) is 0 Å². The highest BCUT2D eigenvalue weighted by atomic mass is 14.1. The zero-order valence-corrected chi connectivity index (χ0v) is 14.4. The minimum atomic E-state index is 1.14. The molecule has 0 bridgehead atoms. The van der Waals surface area contributed by atoms with Crippen LogP contribution in [0.15, 0.2) is 67.3 Å². The van der Waals surface area contributed by atoms with Crippen LogP contribution in [0.4, 0.5) is 0 Å². The monoisotopic (exact) mass is 292 g/mol. The van der Waals surface area contributed by atoms with E-state index in [1.54, 1.807) is 0 Å². The molecule has 0 spiro atoms. The number of rotatable bonds is 4. The zero-order chi connectivity index (χ0) is 16.4. The highest BCUT2D eigenvalue weighted by molar-refractivity contribution is 5.81. The fourth-order valence-corrected chi connectivity index (χ4v) is 2.50. The van der Waals surface area contributed by atoms with E-state index in [9.17, 15) is 0 Å². The van der Waals surface area contributed by atoms with Gasteiger partial charge in [-0.25, -0.2) is 0 Å². The molecule has 2 rings (SSSR count). The van der Waals surface area contributed by atoms with Gasteiger partial charge in [0.25, 0.3) is 0 Å². The maximum absolute atomic E-state index is 3.81. The predicted molar refractivity (Wildman–Crippen MR) is 102 cm³/mol. The van der Waals surface area contributed by atoms with Gasteiger partial charge < -0.3 is 0 Å². The van der Waals surface area contributed by atoms with Crippen LogP contribution in [0.3, 0.4) is 0 Å². The summed E-state index contributed by atoms with van der Waals surface area (Å²) >= 11 is 0. The average Bonchev–Trinajstić information content (AvgIpc) is 2.57. The maximum atomic E-state index is 3.81. The molecule has 0 aromatic heterocycles. The topological polar surface area (TPSA) is 0 Å². The minimum Gasteiger partial charge on any atom is -0.0990 e. The number of hydrogen-bond acceptors (Lipinski definition) is 0. The molecule has 0 nitrogen and oxygen atoms in total. The molecule has 0 N–H and O–H groups in total. The third kappa shape index (κ3) is 5.04. The van der Waals surface area contributed by atoms with Crippen LogP contribution in [0.2, 0.25) is 0 Å². The van der Waals surface area contributed by atoms with Gasteiger partial charge in [-0.05, 0) is 60.6 Å². The molecule has 0 atom stereocenters. The molecule has 0 aliphatic heterocycles. The molecule has 0 fully saturated rings. The molecule has 0 radical (unpaired) electrons. The number of hydrogen-bond donors (Lipinski definition) is 0. The summed E-state index contributed by atoms with van der Waals surface area (Å²) in [7, 11) is 0. The number of aryl methyl sites for hydroxylation is 1. The summed E-state index contributed by atoms with van der Waals surface area (Å²) in [6.45, 7) is 12.0. The van der Waals surface area contributed by atoms with Gasteiger partial charge in [-0.2, -0.15) is 0 Å². The van der Waals surface area contributed by atoms with Crippen LogP contribution < -0.4 is 0 Å². The van der Waals surface area contributed by atoms with Crippen molar-refractivity contribution in [3.8, 4) is 0 Å². The summed E-state index contributed by atoms with van der Waals surface area (Å²) in [5, 5.41) is 0. The van der Waals surface area contributed by atoms with E-state index in [4.69, 9.17) is 0 Å². The van der Waals surface area contributed by atoms with E-state index in [1.165, 1.54) is 27.8 Å². The van der Waals surface area contributed by atoms with Crippen LogP contribution in [0.1, 0.15) is 50.3 Å². The predicted octanol–water partition coefficient (Wildman–Crippen LogP) is 6.90. The van der Waals surface area contributed by atoms with E-state index in [2.05, 4.69) is 68.2 Å². The quantitative estimate of drug-likeness (QED) is 0.529. The van der Waals surface area contributed by atoms with Gasteiger partial charge >= 0.3 is 0 Å². The van der Waals surface area contributed by atoms with Gasteiger partial charge in [-0.3, -0.25) is 0 Å². The molecule has 1 aromatic carbocycles. The maximum Gasteiger partial charge on any atom is -0.0175 e. The van der Waals surface area contributed by atoms with Crippen molar-refractivity contribution >= 4 is 11.1 Å². The standard InChI is InChI=1S/C20H22.C2H6/c1-4-9-17(10-5-2)19-13-16(3)14-20(15-19)18-11-7-6-8-12-18;1-2/h4-5,7,9-15H,1,6,8H2,2-3H3;1-2H3/b10-5-,17-9+;. The SMILES string of the molecule is C=C/C=C(\C=C/C)c1cc(C)cc(C2=CCCC=C2)c1.CC. The van der Waals surface area contributed by atoms with Crippen LogP contribution >= 0.6 is 0 Å². The summed E-state index contributed by atoms with van der Waals surface area (Å²) in [4.78, 5) is 0. The molecule has 116 valence electrons. The van der Waals surface area contributed by atoms with Crippen LogP contribution in [-0.4, -0.2) is 0 Å². The van der Waals surface area contributed by atoms with E-state index in [-0.39, 0.29) is 0 Å². The molecule has 0 saturated heterocycles. The van der Waals surface area contributed by atoms with E-state index in [1.807, 2.05) is 26.8 Å². The zero-order valence-electron chi connectivity index (χ0n) is 14.4. The normalized spacial score (nSPS) is 14.4. The Bertz CT molecular complexity index is 607. The Morgan fingerprint density at radius 2 is 1.91 bits per heavy atom. The third-order valence-corrected chi connectivity index (χ3v) is 3.38. The molecule has 0 saturated carbocycles. The second-order valence-electron chi connectivity index (χ2n) is 5.08. The van der Waals surface area contributed by atoms with E-state index < -0.39 is 0 Å². The van der Waals surface area contributed by atoms with Crippen molar-refractivity contribution in [1.82, 2.24) is 0 Å². The Labute approximate surface area is 136 Å². The Morgan fingerprint density at radius 3 is 2.50 bits per heavy atom. The number of benzene rings is 1. The third-order valence-electron chi connectivity index (χ3n) is 3.38. The summed E-state index contributed by atoms with van der Waals surface area (Å²) in [5.74, 6) is 0. The van der Waals surface area contributed by atoms with Crippen LogP contribution in [0.5, 0.6) is 0 Å². The Morgan fingerprint density at radius 1 is 1.14 bits per heavy atom. The Kier molecular flexibility index (Phi) is 7.99. The van der Waals surface area contributed by atoms with E-state index >= 15 is 0 Å². The molecule has 1 aliphatic carbocycles. The van der Waals surface area contributed by atoms with Gasteiger partial charge in [0.05, 0.1) is 0 Å². The van der Waals surface area contributed by atoms with E-state index in [0.717, 1.165) is 12.8 Å². The molecule has 1 aliphatic rings. The van der Waals surface area contributed by atoms with Crippen LogP contribution in [-0.2, 0) is 0 Å². The first-order valence-electron chi connectivity index (χ1n) is 8.19. The van der Waals surface area contributed by atoms with Crippen LogP contribution in [0.25, 0.3) is 11.1 Å².